The Balaban J connectivity index is 1.27. The maximum Gasteiger partial charge on any atom is -0.00143 e. The Morgan fingerprint density at radius 1 is 0.183 bits per heavy atom. The van der Waals surface area contributed by atoms with Gasteiger partial charge in [0, 0.05) is 0 Å². The monoisotopic (exact) mass is 758 g/mol. The van der Waals surface area contributed by atoms with Crippen LogP contribution in [0.5, 0.6) is 0 Å². The lowest BCUT2D eigenvalue weighted by molar-refractivity contribution is 1.52. The molecule has 0 saturated heterocycles. The van der Waals surface area contributed by atoms with Crippen molar-refractivity contribution in [2.75, 3.05) is 0 Å². The van der Waals surface area contributed by atoms with Gasteiger partial charge >= 0.3 is 0 Å². The average molecular weight is 759 g/mol. The summed E-state index contributed by atoms with van der Waals surface area (Å²) in [5.41, 5.74) is 11.8. The third kappa shape index (κ3) is 5.53. The van der Waals surface area contributed by atoms with E-state index in [1.54, 1.807) is 0 Å². The second-order valence-corrected chi connectivity index (χ2v) is 16.0. The first-order chi connectivity index (χ1) is 29.8. The van der Waals surface area contributed by atoms with Gasteiger partial charge in [-0.05, 0) is 145 Å². The standard InChI is InChI=1S/C60H38/c1-5-15-39(16-6-1)55(51-35-47-31-27-43-23-13-24-44-28-32-48(36-51)57(47)53(43)44)59(41-19-9-3-10-20-41)60(42-21-11-4-12-22-42)56(40-17-7-2-8-18-40)52-37-49-33-29-45-25-14-26-46-30-34-50(38-52)58(49)54(45)46/h1-38H/b59-55-,60-56+. The van der Waals surface area contributed by atoms with Gasteiger partial charge < -0.3 is 0 Å². The predicted octanol–water partition coefficient (Wildman–Crippen LogP) is 16.1. The zero-order chi connectivity index (χ0) is 39.6. The summed E-state index contributed by atoms with van der Waals surface area (Å²) in [5.74, 6) is 0. The van der Waals surface area contributed by atoms with Crippen molar-refractivity contribution in [3.05, 3.63) is 264 Å². The molecule has 0 heteroatoms. The molecule has 0 N–H and O–H groups in total. The lowest BCUT2D eigenvalue weighted by Crippen LogP contribution is -2.03. The second kappa shape index (κ2) is 13.9. The fourth-order valence-electron chi connectivity index (χ4n) is 9.95. The molecule has 0 fully saturated rings. The Morgan fingerprint density at radius 3 is 0.733 bits per heavy atom. The topological polar surface area (TPSA) is 0 Å². The first kappa shape index (κ1) is 34.3. The van der Waals surface area contributed by atoms with E-state index in [0.717, 1.165) is 11.1 Å². The lowest BCUT2D eigenvalue weighted by atomic mass is 9.77. The van der Waals surface area contributed by atoms with Crippen molar-refractivity contribution < 1.29 is 0 Å². The number of hydrogen-bond donors (Lipinski definition) is 0. The highest BCUT2D eigenvalue weighted by atomic mass is 14.3. The maximum absolute atomic E-state index is 2.43. The van der Waals surface area contributed by atoms with Crippen LogP contribution in [-0.2, 0) is 0 Å². The molecule has 12 rings (SSSR count). The molecule has 0 radical (unpaired) electrons. The van der Waals surface area contributed by atoms with E-state index in [0.29, 0.717) is 0 Å². The third-order valence-electron chi connectivity index (χ3n) is 12.5. The van der Waals surface area contributed by atoms with E-state index >= 15 is 0 Å². The number of allylic oxidation sites excluding steroid dienone is 2. The molecule has 0 nitrogen and oxygen atoms in total. The Kier molecular flexibility index (Phi) is 7.96. The van der Waals surface area contributed by atoms with Crippen molar-refractivity contribution in [2.45, 2.75) is 0 Å². The zero-order valence-electron chi connectivity index (χ0n) is 32.9. The molecule has 0 unspecified atom stereocenters. The molecule has 0 aliphatic heterocycles. The number of rotatable bonds is 7. The Morgan fingerprint density at radius 2 is 0.433 bits per heavy atom. The fourth-order valence-corrected chi connectivity index (χ4v) is 9.95. The van der Waals surface area contributed by atoms with Crippen LogP contribution in [0.3, 0.4) is 0 Å². The Hall–Kier alpha value is -7.80. The van der Waals surface area contributed by atoms with Gasteiger partial charge in [0.25, 0.3) is 0 Å². The van der Waals surface area contributed by atoms with Gasteiger partial charge in [0.1, 0.15) is 0 Å². The van der Waals surface area contributed by atoms with E-state index in [1.165, 1.54) is 109 Å². The summed E-state index contributed by atoms with van der Waals surface area (Å²) in [6, 6.07) is 85.5. The minimum absolute atomic E-state index is 1.16. The molecule has 0 aliphatic carbocycles. The average Bonchev–Trinajstić information content (AvgIpc) is 3.32. The van der Waals surface area contributed by atoms with Crippen molar-refractivity contribution in [1.29, 1.82) is 0 Å². The van der Waals surface area contributed by atoms with Gasteiger partial charge in [0.15, 0.2) is 0 Å². The molecule has 0 aliphatic rings. The summed E-state index contributed by atoms with van der Waals surface area (Å²) in [6.45, 7) is 0. The van der Waals surface area contributed by atoms with Gasteiger partial charge in [0.05, 0.1) is 0 Å². The first-order valence-electron chi connectivity index (χ1n) is 20.8. The van der Waals surface area contributed by atoms with Crippen LogP contribution in [-0.4, -0.2) is 0 Å². The molecular weight excluding hydrogens is 721 g/mol. The summed E-state index contributed by atoms with van der Waals surface area (Å²) in [6.07, 6.45) is 0. The van der Waals surface area contributed by atoms with Gasteiger partial charge in [-0.3, -0.25) is 0 Å². The van der Waals surface area contributed by atoms with Gasteiger partial charge in [-0.1, -0.05) is 206 Å². The van der Waals surface area contributed by atoms with E-state index in [1.807, 2.05) is 0 Å². The molecule has 278 valence electrons. The van der Waals surface area contributed by atoms with Gasteiger partial charge in [-0.25, -0.2) is 0 Å². The van der Waals surface area contributed by atoms with E-state index in [9.17, 15) is 0 Å². The van der Waals surface area contributed by atoms with Crippen molar-refractivity contribution in [1.82, 2.24) is 0 Å². The normalized spacial score (nSPS) is 12.9. The molecule has 0 spiro atoms. The fraction of sp³-hybridized carbons (Fsp3) is 0. The molecular formula is C60H38. The molecule has 0 amide bonds. The molecule has 0 bridgehead atoms. The highest BCUT2D eigenvalue weighted by Gasteiger charge is 2.25. The van der Waals surface area contributed by atoms with E-state index in [2.05, 4.69) is 231 Å². The van der Waals surface area contributed by atoms with Crippen molar-refractivity contribution in [3.63, 3.8) is 0 Å². The molecule has 60 heavy (non-hydrogen) atoms. The Labute approximate surface area is 349 Å². The van der Waals surface area contributed by atoms with Crippen LogP contribution in [0.4, 0.5) is 0 Å². The minimum Gasteiger partial charge on any atom is -0.0622 e. The van der Waals surface area contributed by atoms with Crippen LogP contribution in [0.1, 0.15) is 33.4 Å². The molecule has 12 aromatic rings. The number of hydrogen-bond acceptors (Lipinski definition) is 0. The zero-order valence-corrected chi connectivity index (χ0v) is 32.9. The molecule has 0 aromatic heterocycles. The van der Waals surface area contributed by atoms with E-state index in [-0.39, 0.29) is 0 Å². The van der Waals surface area contributed by atoms with Crippen LogP contribution >= 0.6 is 0 Å². The van der Waals surface area contributed by atoms with Crippen LogP contribution in [0.15, 0.2) is 231 Å². The minimum atomic E-state index is 1.16. The number of benzene rings is 12. The Bertz CT molecular complexity index is 3220. The summed E-state index contributed by atoms with van der Waals surface area (Å²) < 4.78 is 0. The smallest absolute Gasteiger partial charge is 0.00143 e. The maximum atomic E-state index is 2.43. The molecule has 0 heterocycles. The SMILES string of the molecule is c1ccc(C(=C(\c2ccccc2)c2cc3ccc4cccc5ccc(c2)c3c45)/C(=C(\c2ccccc2)c2cc3ccc4cccc5ccc(c2)c3c45)c2ccccc2)cc1. The van der Waals surface area contributed by atoms with Crippen molar-refractivity contribution in [3.8, 4) is 0 Å². The highest BCUT2D eigenvalue weighted by molar-refractivity contribution is 6.29. The van der Waals surface area contributed by atoms with Crippen LogP contribution in [0.2, 0.25) is 0 Å². The van der Waals surface area contributed by atoms with E-state index in [4.69, 9.17) is 0 Å². The summed E-state index contributed by atoms with van der Waals surface area (Å²) in [7, 11) is 0. The molecule has 0 saturated carbocycles. The second-order valence-electron chi connectivity index (χ2n) is 16.0. The van der Waals surface area contributed by atoms with Crippen LogP contribution < -0.4 is 0 Å². The van der Waals surface area contributed by atoms with Gasteiger partial charge in [-0.15, -0.1) is 0 Å². The third-order valence-corrected chi connectivity index (χ3v) is 12.5. The van der Waals surface area contributed by atoms with Gasteiger partial charge in [-0.2, -0.15) is 0 Å². The quantitative estimate of drug-likeness (QED) is 0.0863. The lowest BCUT2D eigenvalue weighted by Gasteiger charge is -2.25. The highest BCUT2D eigenvalue weighted by Crippen LogP contribution is 2.48. The summed E-state index contributed by atoms with van der Waals surface area (Å²) >= 11 is 0. The van der Waals surface area contributed by atoms with Crippen molar-refractivity contribution >= 4 is 86.9 Å². The first-order valence-corrected chi connectivity index (χ1v) is 20.8. The molecule has 0 atom stereocenters. The van der Waals surface area contributed by atoms with E-state index < -0.39 is 0 Å². The van der Waals surface area contributed by atoms with Crippen LogP contribution in [0, 0.1) is 0 Å². The van der Waals surface area contributed by atoms with Crippen LogP contribution in [0.25, 0.3) is 86.9 Å². The summed E-state index contributed by atoms with van der Waals surface area (Å²) in [4.78, 5) is 0. The molecule has 12 aromatic carbocycles. The largest absolute Gasteiger partial charge is 0.0622 e. The summed E-state index contributed by atoms with van der Waals surface area (Å²) in [5, 5.41) is 15.4. The van der Waals surface area contributed by atoms with Gasteiger partial charge in [0.2, 0.25) is 0 Å². The van der Waals surface area contributed by atoms with Crippen molar-refractivity contribution in [2.24, 2.45) is 0 Å². The predicted molar refractivity (Wildman–Crippen MR) is 258 cm³/mol.